The quantitative estimate of drug-likeness (QED) is 0.684. The molecule has 1 unspecified atom stereocenters. The number of hydrogen-bond donors (Lipinski definition) is 1. The Balaban J connectivity index is 1.50. The van der Waals surface area contributed by atoms with Crippen LogP contribution in [0.1, 0.15) is 35.7 Å². The lowest BCUT2D eigenvalue weighted by Gasteiger charge is -2.32. The number of nitrogens with one attached hydrogen (secondary N) is 1. The number of piperidine rings is 1. The lowest BCUT2D eigenvalue weighted by Crippen LogP contribution is -2.40. The molecule has 1 atom stereocenters. The lowest BCUT2D eigenvalue weighted by atomic mass is 9.96. The third-order valence-corrected chi connectivity index (χ3v) is 5.25. The van der Waals surface area contributed by atoms with Crippen LogP contribution in [0.25, 0.3) is 11.0 Å². The fourth-order valence-corrected chi connectivity index (χ4v) is 3.74. The summed E-state index contributed by atoms with van der Waals surface area (Å²) in [7, 11) is 0. The summed E-state index contributed by atoms with van der Waals surface area (Å²) >= 11 is 0. The molecule has 0 aliphatic carbocycles. The highest BCUT2D eigenvalue weighted by molar-refractivity contribution is 5.79. The summed E-state index contributed by atoms with van der Waals surface area (Å²) in [5.41, 5.74) is 2.84. The number of fused-ring (bicyclic) bond motifs is 1. The Hall–Kier alpha value is -2.83. The second-order valence-corrected chi connectivity index (χ2v) is 7.36. The van der Waals surface area contributed by atoms with Gasteiger partial charge in [0.25, 0.3) is 0 Å². The molecule has 0 spiro atoms. The van der Waals surface area contributed by atoms with Crippen molar-refractivity contribution in [1.82, 2.24) is 14.9 Å². The van der Waals surface area contributed by atoms with Crippen LogP contribution in [0.5, 0.6) is 0 Å². The van der Waals surface area contributed by atoms with Crippen molar-refractivity contribution in [2.45, 2.75) is 32.1 Å². The largest absolute Gasteiger partial charge is 0.342 e. The van der Waals surface area contributed by atoms with Gasteiger partial charge in [-0.25, -0.2) is 18.2 Å². The van der Waals surface area contributed by atoms with Gasteiger partial charge in [0.2, 0.25) is 5.91 Å². The van der Waals surface area contributed by atoms with Gasteiger partial charge in [-0.15, -0.1) is 0 Å². The number of hydrogen-bond acceptors (Lipinski definition) is 2. The Labute approximate surface area is 160 Å². The van der Waals surface area contributed by atoms with E-state index in [0.717, 1.165) is 41.3 Å². The Morgan fingerprint density at radius 1 is 1.18 bits per heavy atom. The number of aryl methyl sites for hydroxylation is 1. The Morgan fingerprint density at radius 2 is 1.96 bits per heavy atom. The first-order valence-electron chi connectivity index (χ1n) is 9.28. The lowest BCUT2D eigenvalue weighted by molar-refractivity contribution is -0.131. The molecule has 1 aliphatic heterocycles. The minimum Gasteiger partial charge on any atom is -0.342 e. The van der Waals surface area contributed by atoms with Crippen molar-refractivity contribution in [3.05, 3.63) is 64.7 Å². The van der Waals surface area contributed by atoms with Crippen LogP contribution >= 0.6 is 0 Å². The summed E-state index contributed by atoms with van der Waals surface area (Å²) in [4.78, 5) is 22.3. The van der Waals surface area contributed by atoms with Crippen molar-refractivity contribution < 1.29 is 18.0 Å². The van der Waals surface area contributed by atoms with E-state index in [9.17, 15) is 18.0 Å². The monoisotopic (exact) mass is 387 g/mol. The fourth-order valence-electron chi connectivity index (χ4n) is 3.74. The smallest absolute Gasteiger partial charge is 0.227 e. The molecule has 0 radical (unpaired) electrons. The molecule has 2 heterocycles. The van der Waals surface area contributed by atoms with Gasteiger partial charge < -0.3 is 9.88 Å². The molecule has 1 fully saturated rings. The van der Waals surface area contributed by atoms with Gasteiger partial charge in [0.1, 0.15) is 11.6 Å². The molecule has 1 aliphatic rings. The maximum absolute atomic E-state index is 13.9. The molecule has 1 N–H and O–H groups in total. The van der Waals surface area contributed by atoms with Crippen LogP contribution in [0, 0.1) is 24.4 Å². The highest BCUT2D eigenvalue weighted by Gasteiger charge is 2.27. The van der Waals surface area contributed by atoms with Crippen LogP contribution in [0.3, 0.4) is 0 Å². The van der Waals surface area contributed by atoms with Crippen LogP contribution in [-0.2, 0) is 11.2 Å². The number of carbonyl (C=O) groups is 1. The SMILES string of the molecule is Cc1ccc2nc(C3CCCN(C(=O)Cc4cc(F)c(F)cc4F)C3)[nH]c2c1. The zero-order valence-corrected chi connectivity index (χ0v) is 15.4. The highest BCUT2D eigenvalue weighted by Crippen LogP contribution is 2.27. The van der Waals surface area contributed by atoms with Crippen LogP contribution in [0.15, 0.2) is 30.3 Å². The van der Waals surface area contributed by atoms with Crippen molar-refractivity contribution in [2.24, 2.45) is 0 Å². The summed E-state index contributed by atoms with van der Waals surface area (Å²) in [6, 6.07) is 7.23. The third kappa shape index (κ3) is 3.61. The number of imidazole rings is 1. The molecular weight excluding hydrogens is 367 g/mol. The van der Waals surface area contributed by atoms with Gasteiger partial charge in [0.15, 0.2) is 11.6 Å². The summed E-state index contributed by atoms with van der Waals surface area (Å²) in [5, 5.41) is 0. The van der Waals surface area contributed by atoms with Gasteiger partial charge in [-0.2, -0.15) is 0 Å². The van der Waals surface area contributed by atoms with E-state index in [-0.39, 0.29) is 23.8 Å². The van der Waals surface area contributed by atoms with Gasteiger partial charge in [0.05, 0.1) is 17.5 Å². The Morgan fingerprint density at radius 3 is 2.79 bits per heavy atom. The van der Waals surface area contributed by atoms with Crippen molar-refractivity contribution in [1.29, 1.82) is 0 Å². The number of benzene rings is 2. The van der Waals surface area contributed by atoms with E-state index in [1.165, 1.54) is 0 Å². The minimum absolute atomic E-state index is 0.0557. The third-order valence-electron chi connectivity index (χ3n) is 5.25. The van der Waals surface area contributed by atoms with Gasteiger partial charge in [-0.1, -0.05) is 6.07 Å². The number of likely N-dealkylation sites (tertiary alicyclic amines) is 1. The molecule has 4 nitrogen and oxygen atoms in total. The molecule has 0 bridgehead atoms. The average Bonchev–Trinajstić information content (AvgIpc) is 3.09. The highest BCUT2D eigenvalue weighted by atomic mass is 19.2. The molecule has 0 saturated carbocycles. The molecule has 2 aromatic carbocycles. The molecular formula is C21H20F3N3O. The van der Waals surface area contributed by atoms with Crippen LogP contribution in [0.2, 0.25) is 0 Å². The van der Waals surface area contributed by atoms with Crippen LogP contribution in [0.4, 0.5) is 13.2 Å². The first-order chi connectivity index (χ1) is 13.4. The summed E-state index contributed by atoms with van der Waals surface area (Å²) in [6.45, 7) is 3.03. The van der Waals surface area contributed by atoms with Crippen molar-refractivity contribution in [2.75, 3.05) is 13.1 Å². The first kappa shape index (κ1) is 18.5. The maximum atomic E-state index is 13.9. The summed E-state index contributed by atoms with van der Waals surface area (Å²) < 4.78 is 40.3. The normalized spacial score (nSPS) is 17.3. The van der Waals surface area contributed by atoms with E-state index < -0.39 is 17.5 Å². The predicted octanol–water partition coefficient (Wildman–Crippen LogP) is 4.24. The number of aromatic amines is 1. The van der Waals surface area contributed by atoms with Gasteiger partial charge in [-0.3, -0.25) is 4.79 Å². The second kappa shape index (κ2) is 7.30. The molecule has 28 heavy (non-hydrogen) atoms. The number of carbonyl (C=O) groups excluding carboxylic acids is 1. The van der Waals surface area contributed by atoms with E-state index in [2.05, 4.69) is 9.97 Å². The maximum Gasteiger partial charge on any atom is 0.227 e. The number of nitrogens with zero attached hydrogens (tertiary/aromatic N) is 2. The predicted molar refractivity (Wildman–Crippen MR) is 99.4 cm³/mol. The summed E-state index contributed by atoms with van der Waals surface area (Å²) in [5.74, 6) is -2.74. The number of rotatable bonds is 3. The molecule has 146 valence electrons. The van der Waals surface area contributed by atoms with E-state index in [0.29, 0.717) is 19.2 Å². The zero-order valence-electron chi connectivity index (χ0n) is 15.4. The van der Waals surface area contributed by atoms with E-state index in [1.54, 1.807) is 4.90 Å². The number of aromatic nitrogens is 2. The number of amides is 1. The van der Waals surface area contributed by atoms with Crippen molar-refractivity contribution in [3.8, 4) is 0 Å². The molecule has 4 rings (SSSR count). The standard InChI is InChI=1S/C21H20F3N3O/c1-12-4-5-18-19(7-12)26-21(25-18)13-3-2-6-27(11-13)20(28)9-14-8-16(23)17(24)10-15(14)22/h4-5,7-8,10,13H,2-3,6,9,11H2,1H3,(H,25,26). The Kier molecular flexibility index (Phi) is 4.83. The topological polar surface area (TPSA) is 49.0 Å². The molecule has 1 amide bonds. The van der Waals surface area contributed by atoms with Crippen LogP contribution in [-0.4, -0.2) is 33.9 Å². The zero-order chi connectivity index (χ0) is 19.8. The Bertz CT molecular complexity index is 1050. The van der Waals surface area contributed by atoms with E-state index >= 15 is 0 Å². The van der Waals surface area contributed by atoms with Gasteiger partial charge in [-0.05, 0) is 43.5 Å². The second-order valence-electron chi connectivity index (χ2n) is 7.36. The first-order valence-corrected chi connectivity index (χ1v) is 9.28. The fraction of sp³-hybridized carbons (Fsp3) is 0.333. The molecule has 3 aromatic rings. The van der Waals surface area contributed by atoms with Crippen LogP contribution < -0.4 is 0 Å². The molecule has 1 saturated heterocycles. The average molecular weight is 387 g/mol. The number of halogens is 3. The van der Waals surface area contributed by atoms with Crippen molar-refractivity contribution in [3.63, 3.8) is 0 Å². The van der Waals surface area contributed by atoms with Crippen molar-refractivity contribution >= 4 is 16.9 Å². The van der Waals surface area contributed by atoms with Gasteiger partial charge in [0, 0.05) is 30.6 Å². The minimum atomic E-state index is -1.26. The number of H-pyrrole nitrogens is 1. The van der Waals surface area contributed by atoms with E-state index in [1.807, 2.05) is 25.1 Å². The molecule has 7 heteroatoms. The van der Waals surface area contributed by atoms with E-state index in [4.69, 9.17) is 0 Å². The molecule has 1 aromatic heterocycles. The van der Waals surface area contributed by atoms with Gasteiger partial charge >= 0.3 is 0 Å². The summed E-state index contributed by atoms with van der Waals surface area (Å²) in [6.07, 6.45) is 1.39.